The molecule has 1 rings (SSSR count). The highest BCUT2D eigenvalue weighted by atomic mass is 19.4. The van der Waals surface area contributed by atoms with Crippen LogP contribution >= 0.6 is 0 Å². The Balaban J connectivity index is 3.81. The van der Waals surface area contributed by atoms with Crippen LogP contribution in [0.5, 0.6) is 0 Å². The van der Waals surface area contributed by atoms with Gasteiger partial charge in [0.05, 0.1) is 0 Å². The summed E-state index contributed by atoms with van der Waals surface area (Å²) in [7, 11) is 0. The number of hydrogen-bond donors (Lipinski definition) is 0. The number of halogens is 7. The van der Waals surface area contributed by atoms with Crippen LogP contribution in [0.1, 0.15) is 25.3 Å². The van der Waals surface area contributed by atoms with Crippen LogP contribution in [0.15, 0.2) is 0 Å². The molecule has 0 fully saturated rings. The molecule has 18 heavy (non-hydrogen) atoms. The minimum atomic E-state index is -2.38. The molecule has 0 heterocycles. The van der Waals surface area contributed by atoms with Gasteiger partial charge in [0.25, 0.3) is 0 Å². The minimum absolute atomic E-state index is 1.03. The zero-order valence-electron chi connectivity index (χ0n) is 9.12. The molecule has 0 N–H and O–H groups in total. The molecule has 0 aromatic heterocycles. The predicted molar refractivity (Wildman–Crippen MR) is 49.8 cm³/mol. The summed E-state index contributed by atoms with van der Waals surface area (Å²) in [5.74, 6) is -7.57. The Morgan fingerprint density at radius 2 is 1.17 bits per heavy atom. The van der Waals surface area contributed by atoms with Crippen LogP contribution in [0.3, 0.4) is 0 Å². The van der Waals surface area contributed by atoms with E-state index in [2.05, 4.69) is 0 Å². The van der Waals surface area contributed by atoms with Gasteiger partial charge in [0.1, 0.15) is 5.69 Å². The highest BCUT2D eigenvalue weighted by Gasteiger charge is 2.33. The summed E-state index contributed by atoms with van der Waals surface area (Å²) in [5.41, 5.74) is -4.75. The van der Waals surface area contributed by atoms with E-state index in [0.29, 0.717) is 0 Å². The van der Waals surface area contributed by atoms with Crippen molar-refractivity contribution in [1.82, 2.24) is 0 Å². The first-order valence-corrected chi connectivity index (χ1v) is 4.63. The number of rotatable bonds is 3. The molecule has 0 amide bonds. The summed E-state index contributed by atoms with van der Waals surface area (Å²) in [5, 5.41) is -3.90. The zero-order chi connectivity index (χ0) is 14.2. The van der Waals surface area contributed by atoms with Gasteiger partial charge in [-0.1, -0.05) is 31.8 Å². The van der Waals surface area contributed by atoms with E-state index in [1.165, 1.54) is 13.8 Å². The topological polar surface area (TPSA) is 6.48 Å². The van der Waals surface area contributed by atoms with Crippen molar-refractivity contribution in [3.05, 3.63) is 23.0 Å². The van der Waals surface area contributed by atoms with E-state index in [4.69, 9.17) is 0 Å². The Kier molecular flexibility index (Phi) is 3.92. The summed E-state index contributed by atoms with van der Waals surface area (Å²) < 4.78 is 89.2. The molecule has 0 unspecified atom stereocenters. The van der Waals surface area contributed by atoms with Crippen LogP contribution in [-0.4, -0.2) is 0 Å². The zero-order valence-corrected chi connectivity index (χ0v) is 9.12. The lowest BCUT2D eigenvalue weighted by Crippen LogP contribution is -2.15. The molecule has 102 valence electrons. The summed E-state index contributed by atoms with van der Waals surface area (Å²) in [6, 6.07) is 0. The van der Waals surface area contributed by atoms with Gasteiger partial charge in [-0.3, -0.25) is 0 Å². The quantitative estimate of drug-likeness (QED) is 0.459. The molecule has 1 aromatic rings. The minimum Gasteiger partial charge on any atom is -0.203 e. The molecular weight excluding hydrogens is 269 g/mol. The van der Waals surface area contributed by atoms with E-state index < -0.39 is 51.0 Å². The van der Waals surface area contributed by atoms with Crippen LogP contribution in [0, 0.1) is 17.5 Å². The molecule has 0 bridgehead atoms. The van der Waals surface area contributed by atoms with Crippen molar-refractivity contribution in [2.75, 3.05) is 10.7 Å². The number of hydrogen-bond acceptors (Lipinski definition) is 2. The Morgan fingerprint density at radius 3 is 1.50 bits per heavy atom. The van der Waals surface area contributed by atoms with Crippen molar-refractivity contribution in [3.63, 3.8) is 0 Å². The van der Waals surface area contributed by atoms with Crippen molar-refractivity contribution in [3.8, 4) is 0 Å². The van der Waals surface area contributed by atoms with E-state index >= 15 is 0 Å². The average Bonchev–Trinajstić information content (AvgIpc) is 2.23. The third-order valence-electron chi connectivity index (χ3n) is 2.22. The Bertz CT molecular complexity index is 424. The summed E-state index contributed by atoms with van der Waals surface area (Å²) >= 11 is 0. The molecular formula is C9H7F7N2. The third-order valence-corrected chi connectivity index (χ3v) is 2.22. The molecule has 0 spiro atoms. The van der Waals surface area contributed by atoms with Gasteiger partial charge in [-0.25, -0.2) is 13.2 Å². The van der Waals surface area contributed by atoms with Crippen LogP contribution in [0.2, 0.25) is 0 Å². The van der Waals surface area contributed by atoms with Crippen LogP contribution in [0.4, 0.5) is 42.5 Å². The fraction of sp³-hybridized carbons (Fsp3) is 0.333. The number of nitrogens with zero attached hydrogens (tertiary/aromatic N) is 2. The fourth-order valence-corrected chi connectivity index (χ4v) is 1.51. The lowest BCUT2D eigenvalue weighted by Gasteiger charge is -2.19. The molecule has 0 atom stereocenters. The van der Waals surface area contributed by atoms with E-state index in [9.17, 15) is 31.1 Å². The first-order chi connectivity index (χ1) is 8.20. The van der Waals surface area contributed by atoms with Gasteiger partial charge < -0.3 is 0 Å². The van der Waals surface area contributed by atoms with Crippen molar-refractivity contribution in [2.24, 2.45) is 0 Å². The van der Waals surface area contributed by atoms with Crippen molar-refractivity contribution < 1.29 is 31.1 Å². The maximum absolute atomic E-state index is 13.3. The Morgan fingerprint density at radius 1 is 0.722 bits per heavy atom. The first kappa shape index (κ1) is 14.4. The second-order valence-electron chi connectivity index (χ2n) is 3.67. The van der Waals surface area contributed by atoms with Crippen molar-refractivity contribution >= 4 is 11.4 Å². The van der Waals surface area contributed by atoms with Crippen molar-refractivity contribution in [1.29, 1.82) is 0 Å². The molecule has 1 aromatic carbocycles. The summed E-state index contributed by atoms with van der Waals surface area (Å²) in [6.07, 6.45) is 0. The van der Waals surface area contributed by atoms with E-state index in [0.717, 1.165) is 0 Å². The van der Waals surface area contributed by atoms with Crippen LogP contribution < -0.4 is 10.7 Å². The lowest BCUT2D eigenvalue weighted by atomic mass is 9.98. The van der Waals surface area contributed by atoms with Crippen molar-refractivity contribution in [2.45, 2.75) is 19.8 Å². The van der Waals surface area contributed by atoms with Gasteiger partial charge in [-0.2, -0.15) is 0 Å². The highest BCUT2D eigenvalue weighted by Crippen LogP contribution is 2.43. The molecule has 2 nitrogen and oxygen atoms in total. The molecule has 0 aliphatic carbocycles. The summed E-state index contributed by atoms with van der Waals surface area (Å²) in [4.78, 5) is 0. The van der Waals surface area contributed by atoms with Gasteiger partial charge in [0.15, 0.2) is 23.1 Å². The third kappa shape index (κ3) is 2.16. The number of benzene rings is 1. The maximum atomic E-state index is 13.3. The molecule has 0 aliphatic rings. The van der Waals surface area contributed by atoms with Gasteiger partial charge in [-0.05, 0) is 16.6 Å². The monoisotopic (exact) mass is 276 g/mol. The Hall–Kier alpha value is -1.67. The van der Waals surface area contributed by atoms with Crippen LogP contribution in [0.25, 0.3) is 0 Å². The molecule has 9 heteroatoms. The molecule has 0 aliphatic heterocycles. The highest BCUT2D eigenvalue weighted by molar-refractivity contribution is 5.73. The van der Waals surface area contributed by atoms with Gasteiger partial charge in [0.2, 0.25) is 0 Å². The standard InChI is InChI=1S/C9H7F7N2/c1-3(2)4-5(10)6(11)7(12)9(18(15)16)8(4)17(13)14/h3H,1-2H3. The molecule has 0 radical (unpaired) electrons. The van der Waals surface area contributed by atoms with E-state index in [1.54, 1.807) is 0 Å². The van der Waals surface area contributed by atoms with Gasteiger partial charge >= 0.3 is 0 Å². The van der Waals surface area contributed by atoms with Crippen LogP contribution in [-0.2, 0) is 0 Å². The van der Waals surface area contributed by atoms with Gasteiger partial charge in [-0.15, -0.1) is 0 Å². The average molecular weight is 276 g/mol. The van der Waals surface area contributed by atoms with E-state index in [1.807, 2.05) is 0 Å². The fourth-order valence-electron chi connectivity index (χ4n) is 1.51. The first-order valence-electron chi connectivity index (χ1n) is 4.63. The van der Waals surface area contributed by atoms with Gasteiger partial charge in [0, 0.05) is 5.56 Å². The lowest BCUT2D eigenvalue weighted by molar-refractivity contribution is 0.211. The normalized spacial score (nSPS) is 11.0. The second kappa shape index (κ2) is 4.91. The predicted octanol–water partition coefficient (Wildman–Crippen LogP) is 4.38. The summed E-state index contributed by atoms with van der Waals surface area (Å²) in [6.45, 7) is 2.35. The largest absolute Gasteiger partial charge is 0.203 e. The van der Waals surface area contributed by atoms with E-state index in [-0.39, 0.29) is 0 Å². The maximum Gasteiger partial charge on any atom is 0.197 e. The number of anilines is 2. The molecule has 0 saturated carbocycles. The Labute approximate surface area is 96.9 Å². The second-order valence-corrected chi connectivity index (χ2v) is 3.67. The SMILES string of the molecule is CC(C)c1c(F)c(F)c(F)c(N(F)F)c1N(F)F. The molecule has 0 saturated heterocycles. The smallest absolute Gasteiger partial charge is 0.197 e.